The second kappa shape index (κ2) is 5.80. The molecule has 0 aliphatic heterocycles. The lowest BCUT2D eigenvalue weighted by Crippen LogP contribution is -2.22. The summed E-state index contributed by atoms with van der Waals surface area (Å²) < 4.78 is 0. The number of aryl methyl sites for hydroxylation is 2. The molecule has 0 bridgehead atoms. The molecule has 0 saturated heterocycles. The van der Waals surface area contributed by atoms with Crippen molar-refractivity contribution in [3.8, 4) is 0 Å². The highest BCUT2D eigenvalue weighted by Gasteiger charge is 2.15. The lowest BCUT2D eigenvalue weighted by Gasteiger charge is -2.10. The molecule has 16 heavy (non-hydrogen) atoms. The summed E-state index contributed by atoms with van der Waals surface area (Å²) in [5.74, 6) is -0.0736. The van der Waals surface area contributed by atoms with Gasteiger partial charge in [-0.25, -0.2) is 0 Å². The Balaban J connectivity index is 2.72. The monoisotopic (exact) mass is 220 g/mol. The molecule has 1 aromatic rings. The Morgan fingerprint density at radius 2 is 2.06 bits per heavy atom. The molecule has 1 aromatic carbocycles. The van der Waals surface area contributed by atoms with Gasteiger partial charge in [0.15, 0.2) is 5.78 Å². The van der Waals surface area contributed by atoms with E-state index in [4.69, 9.17) is 0 Å². The van der Waals surface area contributed by atoms with Gasteiger partial charge < -0.3 is 5.11 Å². The smallest absolute Gasteiger partial charge is 0.165 e. The van der Waals surface area contributed by atoms with Gasteiger partial charge in [0.1, 0.15) is 6.10 Å². The van der Waals surface area contributed by atoms with Crippen LogP contribution in [-0.4, -0.2) is 17.0 Å². The van der Waals surface area contributed by atoms with Gasteiger partial charge in [-0.15, -0.1) is 0 Å². The maximum atomic E-state index is 11.7. The van der Waals surface area contributed by atoms with E-state index in [-0.39, 0.29) is 5.78 Å². The van der Waals surface area contributed by atoms with Crippen molar-refractivity contribution < 1.29 is 9.90 Å². The molecule has 0 spiro atoms. The summed E-state index contributed by atoms with van der Waals surface area (Å²) in [5, 5.41) is 9.59. The molecule has 1 N–H and O–H groups in total. The van der Waals surface area contributed by atoms with E-state index in [9.17, 15) is 9.90 Å². The number of aliphatic hydroxyl groups excluding tert-OH is 1. The van der Waals surface area contributed by atoms with Crippen LogP contribution in [-0.2, 0) is 11.2 Å². The van der Waals surface area contributed by atoms with Crippen LogP contribution in [0.3, 0.4) is 0 Å². The van der Waals surface area contributed by atoms with Crippen molar-refractivity contribution in [1.82, 2.24) is 0 Å². The Morgan fingerprint density at radius 3 is 2.69 bits per heavy atom. The third kappa shape index (κ3) is 3.46. The second-order valence-corrected chi connectivity index (χ2v) is 4.38. The molecule has 0 aliphatic rings. The first-order valence-electron chi connectivity index (χ1n) is 5.81. The molecular formula is C14H20O2. The molecule has 0 heterocycles. The first-order valence-corrected chi connectivity index (χ1v) is 5.81. The maximum Gasteiger partial charge on any atom is 0.165 e. The maximum absolute atomic E-state index is 11.7. The molecule has 88 valence electrons. The van der Waals surface area contributed by atoms with E-state index in [2.05, 4.69) is 0 Å². The largest absolute Gasteiger partial charge is 0.385 e. The SMILES string of the molecule is CCCC(O)C(=O)Cc1cc(C)ccc1C. The number of rotatable bonds is 5. The van der Waals surface area contributed by atoms with Crippen LogP contribution in [0.15, 0.2) is 18.2 Å². The molecule has 1 atom stereocenters. The molecule has 1 rings (SSSR count). The van der Waals surface area contributed by atoms with Crippen molar-refractivity contribution in [3.63, 3.8) is 0 Å². The van der Waals surface area contributed by atoms with Crippen LogP contribution in [0.5, 0.6) is 0 Å². The average molecular weight is 220 g/mol. The van der Waals surface area contributed by atoms with Crippen LogP contribution >= 0.6 is 0 Å². The zero-order valence-electron chi connectivity index (χ0n) is 10.3. The van der Waals surface area contributed by atoms with E-state index >= 15 is 0 Å². The zero-order valence-corrected chi connectivity index (χ0v) is 10.3. The van der Waals surface area contributed by atoms with Crippen molar-refractivity contribution >= 4 is 5.78 Å². The van der Waals surface area contributed by atoms with E-state index in [0.29, 0.717) is 12.8 Å². The van der Waals surface area contributed by atoms with Crippen LogP contribution < -0.4 is 0 Å². The summed E-state index contributed by atoms with van der Waals surface area (Å²) in [5.41, 5.74) is 3.29. The highest BCUT2D eigenvalue weighted by Crippen LogP contribution is 2.13. The van der Waals surface area contributed by atoms with Crippen LogP contribution in [0.4, 0.5) is 0 Å². The van der Waals surface area contributed by atoms with Gasteiger partial charge >= 0.3 is 0 Å². The first-order chi connectivity index (χ1) is 7.54. The zero-order chi connectivity index (χ0) is 12.1. The number of carbonyl (C=O) groups is 1. The Labute approximate surface area is 97.3 Å². The summed E-state index contributed by atoms with van der Waals surface area (Å²) in [7, 11) is 0. The number of Topliss-reactive ketones (excluding diaryl/α,β-unsaturated/α-hetero) is 1. The topological polar surface area (TPSA) is 37.3 Å². The van der Waals surface area contributed by atoms with Gasteiger partial charge in [0.2, 0.25) is 0 Å². The minimum absolute atomic E-state index is 0.0736. The molecular weight excluding hydrogens is 200 g/mol. The minimum atomic E-state index is -0.801. The van der Waals surface area contributed by atoms with E-state index in [0.717, 1.165) is 23.1 Å². The molecule has 0 radical (unpaired) electrons. The van der Waals surface area contributed by atoms with Gasteiger partial charge in [-0.2, -0.15) is 0 Å². The number of carbonyl (C=O) groups excluding carboxylic acids is 1. The molecule has 2 heteroatoms. The van der Waals surface area contributed by atoms with E-state index < -0.39 is 6.10 Å². The lowest BCUT2D eigenvalue weighted by molar-refractivity contribution is -0.126. The number of aliphatic hydroxyl groups is 1. The van der Waals surface area contributed by atoms with Gasteiger partial charge in [0.05, 0.1) is 0 Å². The molecule has 0 aliphatic carbocycles. The quantitative estimate of drug-likeness (QED) is 0.828. The van der Waals surface area contributed by atoms with Crippen molar-refractivity contribution in [1.29, 1.82) is 0 Å². The number of hydrogen-bond acceptors (Lipinski definition) is 2. The summed E-state index contributed by atoms with van der Waals surface area (Å²) in [4.78, 5) is 11.7. The predicted molar refractivity (Wildman–Crippen MR) is 65.5 cm³/mol. The third-order valence-electron chi connectivity index (χ3n) is 2.80. The van der Waals surface area contributed by atoms with E-state index in [1.54, 1.807) is 0 Å². The fourth-order valence-corrected chi connectivity index (χ4v) is 1.73. The van der Waals surface area contributed by atoms with Crippen LogP contribution in [0.2, 0.25) is 0 Å². The van der Waals surface area contributed by atoms with Crippen LogP contribution in [0.25, 0.3) is 0 Å². The van der Waals surface area contributed by atoms with Crippen LogP contribution in [0.1, 0.15) is 36.5 Å². The first kappa shape index (κ1) is 12.9. The molecule has 1 unspecified atom stereocenters. The molecule has 0 amide bonds. The lowest BCUT2D eigenvalue weighted by atomic mass is 9.98. The summed E-state index contributed by atoms with van der Waals surface area (Å²) in [6, 6.07) is 6.07. The second-order valence-electron chi connectivity index (χ2n) is 4.38. The van der Waals surface area contributed by atoms with Gasteiger partial charge in [0, 0.05) is 6.42 Å². The molecule has 2 nitrogen and oxygen atoms in total. The summed E-state index contributed by atoms with van der Waals surface area (Å²) >= 11 is 0. The van der Waals surface area contributed by atoms with Crippen molar-refractivity contribution in [2.75, 3.05) is 0 Å². The fourth-order valence-electron chi connectivity index (χ4n) is 1.73. The number of benzene rings is 1. The van der Waals surface area contributed by atoms with Gasteiger partial charge in [-0.3, -0.25) is 4.79 Å². The Hall–Kier alpha value is -1.15. The third-order valence-corrected chi connectivity index (χ3v) is 2.80. The standard InChI is InChI=1S/C14H20O2/c1-4-5-13(15)14(16)9-12-8-10(2)6-7-11(12)3/h6-8,13,15H,4-5,9H2,1-3H3. The molecule has 0 aromatic heterocycles. The average Bonchev–Trinajstić information content (AvgIpc) is 2.23. The fraction of sp³-hybridized carbons (Fsp3) is 0.500. The van der Waals surface area contributed by atoms with E-state index in [1.165, 1.54) is 0 Å². The normalized spacial score (nSPS) is 12.5. The van der Waals surface area contributed by atoms with E-state index in [1.807, 2.05) is 39.0 Å². The van der Waals surface area contributed by atoms with Gasteiger partial charge in [0.25, 0.3) is 0 Å². The highest BCUT2D eigenvalue weighted by atomic mass is 16.3. The Kier molecular flexibility index (Phi) is 4.69. The highest BCUT2D eigenvalue weighted by molar-refractivity contribution is 5.85. The minimum Gasteiger partial charge on any atom is -0.385 e. The van der Waals surface area contributed by atoms with Crippen LogP contribution in [0, 0.1) is 13.8 Å². The summed E-state index contributed by atoms with van der Waals surface area (Å²) in [6.07, 6.45) is 0.933. The molecule has 0 fully saturated rings. The Morgan fingerprint density at radius 1 is 1.38 bits per heavy atom. The summed E-state index contributed by atoms with van der Waals surface area (Å²) in [6.45, 7) is 5.97. The van der Waals surface area contributed by atoms with Crippen molar-refractivity contribution in [2.45, 2.75) is 46.1 Å². The van der Waals surface area contributed by atoms with Crippen molar-refractivity contribution in [2.24, 2.45) is 0 Å². The number of ketones is 1. The van der Waals surface area contributed by atoms with Gasteiger partial charge in [-0.05, 0) is 31.4 Å². The van der Waals surface area contributed by atoms with Crippen molar-refractivity contribution in [3.05, 3.63) is 34.9 Å². The Bertz CT molecular complexity index is 369. The number of hydrogen-bond donors (Lipinski definition) is 1. The predicted octanol–water partition coefficient (Wildman–Crippen LogP) is 2.58. The van der Waals surface area contributed by atoms with Gasteiger partial charge in [-0.1, -0.05) is 37.1 Å². The molecule has 0 saturated carbocycles.